The fourth-order valence-electron chi connectivity index (χ4n) is 2.36. The van der Waals surface area contributed by atoms with Crippen molar-refractivity contribution in [2.24, 2.45) is 0 Å². The summed E-state index contributed by atoms with van der Waals surface area (Å²) in [4.78, 5) is 0. The van der Waals surface area contributed by atoms with Gasteiger partial charge in [0.2, 0.25) is 0 Å². The van der Waals surface area contributed by atoms with Crippen LogP contribution in [0.4, 0.5) is 10.1 Å². The van der Waals surface area contributed by atoms with E-state index in [0.29, 0.717) is 11.3 Å². The van der Waals surface area contributed by atoms with Gasteiger partial charge in [-0.3, -0.25) is 0 Å². The number of hydrogen-bond donors (Lipinski definition) is 1. The Bertz CT molecular complexity index is 832. The summed E-state index contributed by atoms with van der Waals surface area (Å²) in [7, 11) is 0. The number of anilines is 1. The van der Waals surface area contributed by atoms with Crippen LogP contribution in [0.3, 0.4) is 0 Å². The third kappa shape index (κ3) is 3.22. The molecule has 1 atom stereocenters. The molecule has 114 valence electrons. The highest BCUT2D eigenvalue weighted by Gasteiger charge is 2.09. The van der Waals surface area contributed by atoms with Crippen LogP contribution in [0.5, 0.6) is 0 Å². The summed E-state index contributed by atoms with van der Waals surface area (Å²) >= 11 is 0. The Morgan fingerprint density at radius 3 is 2.61 bits per heavy atom. The fraction of sp³-hybridized carbons (Fsp3) is 0.111. The number of nitriles is 1. The highest BCUT2D eigenvalue weighted by atomic mass is 19.1. The number of nitrogens with zero attached hydrogens (tertiary/aromatic N) is 3. The quantitative estimate of drug-likeness (QED) is 0.791. The molecule has 0 amide bonds. The molecule has 1 heterocycles. The highest BCUT2D eigenvalue weighted by molar-refractivity contribution is 5.50. The van der Waals surface area contributed by atoms with Gasteiger partial charge in [0.1, 0.15) is 5.82 Å². The maximum Gasteiger partial charge on any atom is 0.147 e. The van der Waals surface area contributed by atoms with E-state index in [2.05, 4.69) is 10.4 Å². The van der Waals surface area contributed by atoms with Crippen molar-refractivity contribution in [2.45, 2.75) is 13.0 Å². The molecule has 0 aliphatic rings. The molecular formula is C18H15FN4. The van der Waals surface area contributed by atoms with Gasteiger partial charge in [-0.2, -0.15) is 10.4 Å². The lowest BCUT2D eigenvalue weighted by Crippen LogP contribution is -2.08. The molecule has 5 heteroatoms. The third-order valence-electron chi connectivity index (χ3n) is 3.63. The first kappa shape index (κ1) is 14.8. The lowest BCUT2D eigenvalue weighted by Gasteiger charge is -2.17. The average molecular weight is 306 g/mol. The molecular weight excluding hydrogens is 291 g/mol. The van der Waals surface area contributed by atoms with Gasteiger partial charge in [-0.05, 0) is 48.9 Å². The number of aromatic nitrogens is 2. The topological polar surface area (TPSA) is 53.6 Å². The summed E-state index contributed by atoms with van der Waals surface area (Å²) in [5.74, 6) is -0.427. The van der Waals surface area contributed by atoms with Gasteiger partial charge in [-0.25, -0.2) is 9.07 Å². The second-order valence-electron chi connectivity index (χ2n) is 5.21. The van der Waals surface area contributed by atoms with Gasteiger partial charge < -0.3 is 5.32 Å². The summed E-state index contributed by atoms with van der Waals surface area (Å²) < 4.78 is 15.7. The monoisotopic (exact) mass is 306 g/mol. The Morgan fingerprint density at radius 2 is 2.00 bits per heavy atom. The summed E-state index contributed by atoms with van der Waals surface area (Å²) in [6.45, 7) is 1.96. The van der Waals surface area contributed by atoms with Crippen LogP contribution < -0.4 is 5.32 Å². The molecule has 0 radical (unpaired) electrons. The number of rotatable bonds is 4. The first-order valence-electron chi connectivity index (χ1n) is 7.23. The molecule has 0 bridgehead atoms. The van der Waals surface area contributed by atoms with Gasteiger partial charge in [0, 0.05) is 18.4 Å². The first-order valence-corrected chi connectivity index (χ1v) is 7.23. The summed E-state index contributed by atoms with van der Waals surface area (Å²) in [5, 5.41) is 16.1. The van der Waals surface area contributed by atoms with Crippen molar-refractivity contribution in [3.8, 4) is 11.8 Å². The minimum Gasteiger partial charge on any atom is -0.376 e. The fourth-order valence-corrected chi connectivity index (χ4v) is 2.36. The van der Waals surface area contributed by atoms with Gasteiger partial charge in [0.25, 0.3) is 0 Å². The van der Waals surface area contributed by atoms with Crippen molar-refractivity contribution in [1.82, 2.24) is 9.78 Å². The molecule has 1 N–H and O–H groups in total. The maximum absolute atomic E-state index is 13.9. The van der Waals surface area contributed by atoms with E-state index in [9.17, 15) is 4.39 Å². The van der Waals surface area contributed by atoms with Crippen LogP contribution in [0.2, 0.25) is 0 Å². The predicted octanol–water partition coefficient (Wildman–Crippen LogP) is 4.06. The van der Waals surface area contributed by atoms with Crippen LogP contribution in [0.1, 0.15) is 24.1 Å². The van der Waals surface area contributed by atoms with Crippen LogP contribution in [0.15, 0.2) is 60.9 Å². The Morgan fingerprint density at radius 1 is 1.22 bits per heavy atom. The minimum absolute atomic E-state index is 0.0656. The molecule has 0 aliphatic carbocycles. The van der Waals surface area contributed by atoms with Crippen molar-refractivity contribution >= 4 is 5.69 Å². The lowest BCUT2D eigenvalue weighted by molar-refractivity contribution is 0.627. The van der Waals surface area contributed by atoms with E-state index in [1.165, 1.54) is 6.07 Å². The van der Waals surface area contributed by atoms with E-state index in [1.54, 1.807) is 23.0 Å². The van der Waals surface area contributed by atoms with Gasteiger partial charge in [0.15, 0.2) is 0 Å². The second-order valence-corrected chi connectivity index (χ2v) is 5.21. The number of benzene rings is 2. The normalized spacial score (nSPS) is 11.7. The molecule has 1 unspecified atom stereocenters. The van der Waals surface area contributed by atoms with Gasteiger partial charge in [-0.15, -0.1) is 0 Å². The second kappa shape index (κ2) is 6.32. The van der Waals surface area contributed by atoms with Crippen molar-refractivity contribution in [3.63, 3.8) is 0 Å². The van der Waals surface area contributed by atoms with Crippen LogP contribution in [-0.4, -0.2) is 9.78 Å². The summed E-state index contributed by atoms with van der Waals surface area (Å²) in [6, 6.07) is 16.0. The first-order chi connectivity index (χ1) is 11.2. The maximum atomic E-state index is 13.9. The molecule has 3 rings (SSSR count). The molecule has 4 nitrogen and oxygen atoms in total. The zero-order chi connectivity index (χ0) is 16.2. The van der Waals surface area contributed by atoms with Crippen molar-refractivity contribution in [3.05, 3.63) is 77.9 Å². The molecule has 0 fully saturated rings. The van der Waals surface area contributed by atoms with E-state index in [-0.39, 0.29) is 6.04 Å². The predicted molar refractivity (Wildman–Crippen MR) is 86.7 cm³/mol. The van der Waals surface area contributed by atoms with Gasteiger partial charge in [-0.1, -0.05) is 12.1 Å². The van der Waals surface area contributed by atoms with Crippen LogP contribution in [-0.2, 0) is 0 Å². The van der Waals surface area contributed by atoms with Crippen molar-refractivity contribution in [2.75, 3.05) is 5.32 Å². The average Bonchev–Trinajstić information content (AvgIpc) is 3.11. The molecule has 23 heavy (non-hydrogen) atoms. The number of nitrogens with one attached hydrogen (secondary N) is 1. The van der Waals surface area contributed by atoms with Crippen LogP contribution in [0.25, 0.3) is 5.69 Å². The van der Waals surface area contributed by atoms with Crippen molar-refractivity contribution < 1.29 is 4.39 Å². The molecule has 0 aliphatic heterocycles. The largest absolute Gasteiger partial charge is 0.376 e. The molecule has 1 aromatic heterocycles. The molecule has 3 aromatic rings. The smallest absolute Gasteiger partial charge is 0.147 e. The zero-order valence-corrected chi connectivity index (χ0v) is 12.6. The molecule has 0 saturated carbocycles. The SMILES string of the molecule is CC(Nc1ccc(C#N)cc1F)c1ccc(-n2cccn2)cc1. The molecule has 0 spiro atoms. The van der Waals surface area contributed by atoms with Crippen LogP contribution in [0, 0.1) is 17.1 Å². The highest BCUT2D eigenvalue weighted by Crippen LogP contribution is 2.23. The number of hydrogen-bond acceptors (Lipinski definition) is 3. The number of halogens is 1. The van der Waals surface area contributed by atoms with Crippen molar-refractivity contribution in [1.29, 1.82) is 5.26 Å². The van der Waals surface area contributed by atoms with E-state index in [1.807, 2.05) is 49.5 Å². The van der Waals surface area contributed by atoms with E-state index in [4.69, 9.17) is 5.26 Å². The van der Waals surface area contributed by atoms with E-state index in [0.717, 1.165) is 11.3 Å². The van der Waals surface area contributed by atoms with Crippen LogP contribution >= 0.6 is 0 Å². The van der Waals surface area contributed by atoms with Gasteiger partial charge in [0.05, 0.1) is 23.0 Å². The van der Waals surface area contributed by atoms with E-state index < -0.39 is 5.82 Å². The third-order valence-corrected chi connectivity index (χ3v) is 3.63. The Labute approximate surface area is 133 Å². The summed E-state index contributed by atoms with van der Waals surface area (Å²) in [6.07, 6.45) is 3.61. The Balaban J connectivity index is 1.76. The Hall–Kier alpha value is -3.13. The lowest BCUT2D eigenvalue weighted by atomic mass is 10.1. The zero-order valence-electron chi connectivity index (χ0n) is 12.6. The minimum atomic E-state index is -0.427. The van der Waals surface area contributed by atoms with Gasteiger partial charge >= 0.3 is 0 Å². The van der Waals surface area contributed by atoms with E-state index >= 15 is 0 Å². The molecule has 2 aromatic carbocycles. The summed E-state index contributed by atoms with van der Waals surface area (Å²) in [5.41, 5.74) is 2.69. The molecule has 0 saturated heterocycles. The Kier molecular flexibility index (Phi) is 4.07. The standard InChI is InChI=1S/C18H15FN4/c1-13(22-18-8-3-14(12-20)11-17(18)19)15-4-6-16(7-5-15)23-10-2-9-21-23/h2-11,13,22H,1H3.